The van der Waals surface area contributed by atoms with E-state index < -0.39 is 0 Å². The van der Waals surface area contributed by atoms with Gasteiger partial charge in [0.2, 0.25) is 0 Å². The highest BCUT2D eigenvalue weighted by Gasteiger charge is 2.15. The maximum Gasteiger partial charge on any atom is 0.192 e. The van der Waals surface area contributed by atoms with Crippen LogP contribution >= 0.6 is 0 Å². The Morgan fingerprint density at radius 2 is 1.80 bits per heavy atom. The number of hydrogen-bond donors (Lipinski definition) is 1. The first-order valence-corrected chi connectivity index (χ1v) is 7.97. The number of methoxy groups -OCH3 is 2. The summed E-state index contributed by atoms with van der Waals surface area (Å²) in [5, 5.41) is 0. The molecule has 0 aliphatic carbocycles. The van der Waals surface area contributed by atoms with Crippen molar-refractivity contribution in [2.45, 2.75) is 13.8 Å². The van der Waals surface area contributed by atoms with Gasteiger partial charge in [0.1, 0.15) is 17.2 Å². The molecule has 25 heavy (non-hydrogen) atoms. The fraction of sp³-hybridized carbons (Fsp3) is 0.250. The predicted octanol–water partition coefficient (Wildman–Crippen LogP) is 3.97. The van der Waals surface area contributed by atoms with Crippen molar-refractivity contribution in [2.24, 2.45) is 0 Å². The molecule has 2 N–H and O–H groups in total. The monoisotopic (exact) mass is 341 g/mol. The molecule has 0 amide bonds. The van der Waals surface area contributed by atoms with Gasteiger partial charge in [-0.15, -0.1) is 0 Å². The van der Waals surface area contributed by atoms with E-state index in [2.05, 4.69) is 0 Å². The molecule has 0 heterocycles. The van der Waals surface area contributed by atoms with Crippen molar-refractivity contribution in [1.82, 2.24) is 0 Å². The Morgan fingerprint density at radius 1 is 1.08 bits per heavy atom. The highest BCUT2D eigenvalue weighted by Crippen LogP contribution is 2.28. The fourth-order valence-corrected chi connectivity index (χ4v) is 2.46. The summed E-state index contributed by atoms with van der Waals surface area (Å²) in [7, 11) is 3.09. The summed E-state index contributed by atoms with van der Waals surface area (Å²) < 4.78 is 15.9. The van der Waals surface area contributed by atoms with Gasteiger partial charge in [-0.1, -0.05) is 6.07 Å². The smallest absolute Gasteiger partial charge is 0.192 e. The Labute approximate surface area is 148 Å². The molecule has 0 fully saturated rings. The third-order valence-corrected chi connectivity index (χ3v) is 3.73. The van der Waals surface area contributed by atoms with Crippen LogP contribution in [-0.2, 0) is 0 Å². The van der Waals surface area contributed by atoms with E-state index in [9.17, 15) is 4.79 Å². The van der Waals surface area contributed by atoms with Crippen molar-refractivity contribution in [3.63, 3.8) is 0 Å². The number of Topliss-reactive ketones (excluding diaryl/α,β-unsaturated/α-hetero) is 1. The number of ketones is 1. The molecule has 0 unspecified atom stereocenters. The molecule has 2 aromatic carbocycles. The van der Waals surface area contributed by atoms with Crippen molar-refractivity contribution in [3.8, 4) is 17.2 Å². The lowest BCUT2D eigenvalue weighted by molar-refractivity contribution is 0.103. The van der Waals surface area contributed by atoms with E-state index in [4.69, 9.17) is 19.9 Å². The summed E-state index contributed by atoms with van der Waals surface area (Å²) in [5.41, 5.74) is 8.36. The number of nitrogen functional groups attached to an aromatic ring is 1. The Hall–Kier alpha value is -2.95. The summed E-state index contributed by atoms with van der Waals surface area (Å²) in [5.74, 6) is 1.60. The molecule has 0 atom stereocenters. The minimum atomic E-state index is -0.136. The van der Waals surface area contributed by atoms with Crippen molar-refractivity contribution < 1.29 is 19.0 Å². The second-order valence-electron chi connectivity index (χ2n) is 5.45. The van der Waals surface area contributed by atoms with Gasteiger partial charge in [0.05, 0.1) is 32.1 Å². The Morgan fingerprint density at radius 3 is 2.40 bits per heavy atom. The molecule has 2 rings (SSSR count). The number of carbonyl (C=O) groups is 1. The van der Waals surface area contributed by atoms with E-state index in [1.165, 1.54) is 7.11 Å². The lowest BCUT2D eigenvalue weighted by Gasteiger charge is -2.10. The number of allylic oxidation sites excluding steroid dienone is 1. The Bertz CT molecular complexity index is 796. The van der Waals surface area contributed by atoms with Crippen LogP contribution in [0.15, 0.2) is 42.0 Å². The van der Waals surface area contributed by atoms with Crippen LogP contribution in [0.5, 0.6) is 17.2 Å². The van der Waals surface area contributed by atoms with Gasteiger partial charge < -0.3 is 19.9 Å². The van der Waals surface area contributed by atoms with E-state index in [0.29, 0.717) is 40.7 Å². The van der Waals surface area contributed by atoms with E-state index in [1.54, 1.807) is 50.4 Å². The standard InChI is InChI=1S/C20H23NO4/c1-5-25-19-8-6-14(11-17(19)21)10-13(2)20(22)16-12-15(23-3)7-9-18(16)24-4/h6-12H,5,21H2,1-4H3. The number of carbonyl (C=O) groups excluding carboxylic acids is 1. The molecule has 0 saturated heterocycles. The van der Waals surface area contributed by atoms with Crippen molar-refractivity contribution in [1.29, 1.82) is 0 Å². The summed E-state index contributed by atoms with van der Waals surface area (Å²) in [4.78, 5) is 12.8. The third kappa shape index (κ3) is 4.32. The minimum absolute atomic E-state index is 0.136. The molecule has 0 bridgehead atoms. The zero-order valence-corrected chi connectivity index (χ0v) is 15.0. The number of rotatable bonds is 7. The van der Waals surface area contributed by atoms with Gasteiger partial charge in [0.25, 0.3) is 0 Å². The molecule has 5 nitrogen and oxygen atoms in total. The van der Waals surface area contributed by atoms with Crippen molar-refractivity contribution >= 4 is 17.5 Å². The molecule has 0 aliphatic heterocycles. The van der Waals surface area contributed by atoms with E-state index in [-0.39, 0.29) is 5.78 Å². The number of anilines is 1. The molecule has 0 radical (unpaired) electrons. The highest BCUT2D eigenvalue weighted by molar-refractivity contribution is 6.12. The van der Waals surface area contributed by atoms with E-state index >= 15 is 0 Å². The largest absolute Gasteiger partial charge is 0.497 e. The predicted molar refractivity (Wildman–Crippen MR) is 99.6 cm³/mol. The van der Waals surface area contributed by atoms with Gasteiger partial charge in [0, 0.05) is 0 Å². The molecule has 0 aliphatic rings. The molecule has 0 aromatic heterocycles. The van der Waals surface area contributed by atoms with Gasteiger partial charge >= 0.3 is 0 Å². The fourth-order valence-electron chi connectivity index (χ4n) is 2.46. The topological polar surface area (TPSA) is 70.8 Å². The Balaban J connectivity index is 2.33. The second kappa shape index (κ2) is 8.24. The first kappa shape index (κ1) is 18.4. The molecular formula is C20H23NO4. The SMILES string of the molecule is CCOc1ccc(C=C(C)C(=O)c2cc(OC)ccc2OC)cc1N. The first-order valence-electron chi connectivity index (χ1n) is 7.97. The van der Waals surface area contributed by atoms with Crippen LogP contribution in [-0.4, -0.2) is 26.6 Å². The van der Waals surface area contributed by atoms with Crippen LogP contribution in [0.2, 0.25) is 0 Å². The van der Waals surface area contributed by atoms with Crippen molar-refractivity contribution in [3.05, 3.63) is 53.1 Å². The minimum Gasteiger partial charge on any atom is -0.497 e. The van der Waals surface area contributed by atoms with Gasteiger partial charge in [0.15, 0.2) is 5.78 Å². The zero-order chi connectivity index (χ0) is 18.4. The summed E-state index contributed by atoms with van der Waals surface area (Å²) in [6.45, 7) is 4.21. The number of ether oxygens (including phenoxy) is 3. The maximum atomic E-state index is 12.8. The molecule has 132 valence electrons. The van der Waals surface area contributed by atoms with Gasteiger partial charge in [-0.05, 0) is 61.4 Å². The quantitative estimate of drug-likeness (QED) is 0.469. The molecular weight excluding hydrogens is 318 g/mol. The molecule has 0 saturated carbocycles. The highest BCUT2D eigenvalue weighted by atomic mass is 16.5. The molecule has 0 spiro atoms. The van der Waals surface area contributed by atoms with E-state index in [1.807, 2.05) is 13.0 Å². The first-order chi connectivity index (χ1) is 12.0. The average molecular weight is 341 g/mol. The zero-order valence-electron chi connectivity index (χ0n) is 15.0. The third-order valence-electron chi connectivity index (χ3n) is 3.73. The van der Waals surface area contributed by atoms with E-state index in [0.717, 1.165) is 5.56 Å². The number of benzene rings is 2. The van der Waals surface area contributed by atoms with Gasteiger partial charge in [-0.2, -0.15) is 0 Å². The summed E-state index contributed by atoms with van der Waals surface area (Å²) in [6.07, 6.45) is 1.79. The Kier molecular flexibility index (Phi) is 6.06. The van der Waals surface area contributed by atoms with Crippen LogP contribution in [0.3, 0.4) is 0 Å². The van der Waals surface area contributed by atoms with Crippen LogP contribution in [0, 0.1) is 0 Å². The summed E-state index contributed by atoms with van der Waals surface area (Å²) >= 11 is 0. The number of hydrogen-bond acceptors (Lipinski definition) is 5. The average Bonchev–Trinajstić information content (AvgIpc) is 2.62. The van der Waals surface area contributed by atoms with Crippen LogP contribution < -0.4 is 19.9 Å². The number of nitrogens with two attached hydrogens (primary N) is 1. The maximum absolute atomic E-state index is 12.8. The lowest BCUT2D eigenvalue weighted by atomic mass is 10.0. The van der Waals surface area contributed by atoms with Gasteiger partial charge in [-0.3, -0.25) is 4.79 Å². The normalized spacial score (nSPS) is 11.1. The summed E-state index contributed by atoms with van der Waals surface area (Å²) in [6, 6.07) is 10.6. The van der Waals surface area contributed by atoms with Gasteiger partial charge in [-0.25, -0.2) is 0 Å². The van der Waals surface area contributed by atoms with Crippen LogP contribution in [0.4, 0.5) is 5.69 Å². The van der Waals surface area contributed by atoms with Crippen LogP contribution in [0.1, 0.15) is 29.8 Å². The molecule has 5 heteroatoms. The van der Waals surface area contributed by atoms with Crippen molar-refractivity contribution in [2.75, 3.05) is 26.6 Å². The molecule has 2 aromatic rings. The van der Waals surface area contributed by atoms with Crippen LogP contribution in [0.25, 0.3) is 6.08 Å². The second-order valence-corrected chi connectivity index (χ2v) is 5.45. The lowest BCUT2D eigenvalue weighted by Crippen LogP contribution is -2.04.